The number of esters is 1. The highest BCUT2D eigenvalue weighted by atomic mass is 16.7. The average Bonchev–Trinajstić information content (AvgIpc) is 3.06. The molecule has 3 heterocycles. The molecule has 4 amide bonds. The van der Waals surface area contributed by atoms with Crippen molar-refractivity contribution in [1.29, 1.82) is 0 Å². The molecule has 45 heavy (non-hydrogen) atoms. The summed E-state index contributed by atoms with van der Waals surface area (Å²) < 4.78 is 9.87. The van der Waals surface area contributed by atoms with Crippen molar-refractivity contribution in [2.45, 2.75) is 31.8 Å². The minimum Gasteiger partial charge on any atom is -0.497 e. The van der Waals surface area contributed by atoms with Crippen molar-refractivity contribution in [3.63, 3.8) is 0 Å². The Hall–Kier alpha value is -5.21. The Morgan fingerprint density at radius 2 is 1.60 bits per heavy atom. The number of carbonyl (C=O) groups excluding carboxylic acids is 6. The number of amides is 4. The summed E-state index contributed by atoms with van der Waals surface area (Å²) in [5.74, 6) is -3.56. The lowest BCUT2D eigenvalue weighted by Crippen LogP contribution is -2.63. The molecule has 1 aromatic heterocycles. The van der Waals surface area contributed by atoms with Gasteiger partial charge in [-0.2, -0.15) is 5.06 Å². The lowest BCUT2D eigenvalue weighted by Gasteiger charge is -2.40. The van der Waals surface area contributed by atoms with Crippen molar-refractivity contribution < 1.29 is 43.1 Å². The van der Waals surface area contributed by atoms with Gasteiger partial charge < -0.3 is 34.3 Å². The summed E-state index contributed by atoms with van der Waals surface area (Å²) in [5, 5.41) is 3.45. The molecule has 1 unspecified atom stereocenters. The Labute approximate surface area is 259 Å². The number of nitrogens with zero attached hydrogens (tertiary/aromatic N) is 5. The maximum atomic E-state index is 14.1. The van der Waals surface area contributed by atoms with Crippen molar-refractivity contribution in [3.8, 4) is 5.75 Å². The van der Waals surface area contributed by atoms with Crippen LogP contribution in [-0.4, -0.2) is 121 Å². The number of nitrogens with one attached hydrogen (secondary N) is 1. The van der Waals surface area contributed by atoms with Gasteiger partial charge >= 0.3 is 11.9 Å². The third-order valence-electron chi connectivity index (χ3n) is 7.56. The molecule has 15 heteroatoms. The summed E-state index contributed by atoms with van der Waals surface area (Å²) in [5.41, 5.74) is 1.19. The first-order valence-corrected chi connectivity index (χ1v) is 14.4. The fourth-order valence-corrected chi connectivity index (χ4v) is 5.17. The SMILES string of the molecule is COC(=O)C[C@H]1C(=O)N(OC(C)=O)CCN1C(=O)C(CC(=O)N1CCN(c2ccncc2)CC1)NC(=O)c1ccc(OC)cc1. The minimum absolute atomic E-state index is 0.132. The van der Waals surface area contributed by atoms with Crippen molar-refractivity contribution in [2.75, 3.05) is 58.4 Å². The number of pyridine rings is 1. The number of hydrogen-bond donors (Lipinski definition) is 1. The highest BCUT2D eigenvalue weighted by Gasteiger charge is 2.43. The Balaban J connectivity index is 1.54. The first-order valence-electron chi connectivity index (χ1n) is 14.4. The van der Waals surface area contributed by atoms with Crippen molar-refractivity contribution in [2.24, 2.45) is 0 Å². The normalized spacial score (nSPS) is 17.3. The maximum Gasteiger partial charge on any atom is 0.329 e. The largest absolute Gasteiger partial charge is 0.497 e. The molecule has 2 aliphatic rings. The van der Waals surface area contributed by atoms with E-state index in [2.05, 4.69) is 15.2 Å². The smallest absolute Gasteiger partial charge is 0.329 e. The number of aromatic nitrogens is 1. The Bertz CT molecular complexity index is 1400. The molecule has 2 fully saturated rings. The van der Waals surface area contributed by atoms with Crippen LogP contribution in [0.15, 0.2) is 48.8 Å². The predicted molar refractivity (Wildman–Crippen MR) is 158 cm³/mol. The molecule has 2 saturated heterocycles. The Morgan fingerprint density at radius 1 is 0.933 bits per heavy atom. The standard InChI is InChI=1S/C30H36N6O9/c1-20(37)45-36-17-16-35(25(30(36)42)19-27(39)44-3)29(41)24(32-28(40)21-4-6-23(43-2)7-5-21)18-26(38)34-14-12-33(13-15-34)22-8-10-31-11-9-22/h4-11,24-25H,12-19H2,1-3H3,(H,32,40)/t24?,25-/m0/s1. The quantitative estimate of drug-likeness (QED) is 0.354. The van der Waals surface area contributed by atoms with Crippen LogP contribution in [0.1, 0.15) is 30.1 Å². The van der Waals surface area contributed by atoms with Crippen LogP contribution in [0.5, 0.6) is 5.75 Å². The summed E-state index contributed by atoms with van der Waals surface area (Å²) in [4.78, 5) is 91.7. The van der Waals surface area contributed by atoms with E-state index in [1.807, 2.05) is 12.1 Å². The lowest BCUT2D eigenvalue weighted by molar-refractivity contribution is -0.207. The summed E-state index contributed by atoms with van der Waals surface area (Å²) in [7, 11) is 2.62. The molecule has 0 saturated carbocycles. The van der Waals surface area contributed by atoms with Gasteiger partial charge in [0.2, 0.25) is 11.8 Å². The fraction of sp³-hybridized carbons (Fsp3) is 0.433. The van der Waals surface area contributed by atoms with Crippen LogP contribution >= 0.6 is 0 Å². The van der Waals surface area contributed by atoms with Gasteiger partial charge in [0.1, 0.15) is 17.8 Å². The Kier molecular flexibility index (Phi) is 10.9. The first-order chi connectivity index (χ1) is 21.6. The number of carbonyl (C=O) groups is 6. The average molecular weight is 625 g/mol. The summed E-state index contributed by atoms with van der Waals surface area (Å²) in [6, 6.07) is 7.18. The monoisotopic (exact) mass is 624 g/mol. The number of methoxy groups -OCH3 is 2. The lowest BCUT2D eigenvalue weighted by atomic mass is 10.0. The van der Waals surface area contributed by atoms with Gasteiger partial charge in [0.15, 0.2) is 0 Å². The zero-order chi connectivity index (χ0) is 32.5. The highest BCUT2D eigenvalue weighted by Crippen LogP contribution is 2.20. The molecule has 0 radical (unpaired) electrons. The second-order valence-electron chi connectivity index (χ2n) is 10.4. The van der Waals surface area contributed by atoms with Crippen LogP contribution in [0.3, 0.4) is 0 Å². The molecule has 0 spiro atoms. The van der Waals surface area contributed by atoms with Gasteiger partial charge in [0.05, 0.1) is 33.6 Å². The zero-order valence-corrected chi connectivity index (χ0v) is 25.3. The Morgan fingerprint density at radius 3 is 2.20 bits per heavy atom. The van der Waals surface area contributed by atoms with E-state index < -0.39 is 48.2 Å². The van der Waals surface area contributed by atoms with E-state index in [1.54, 1.807) is 29.4 Å². The number of hydroxylamine groups is 2. The van der Waals surface area contributed by atoms with Gasteiger partial charge in [0, 0.05) is 63.3 Å². The van der Waals surface area contributed by atoms with Crippen LogP contribution in [-0.2, 0) is 33.5 Å². The van der Waals surface area contributed by atoms with Crippen LogP contribution in [0.25, 0.3) is 0 Å². The highest BCUT2D eigenvalue weighted by molar-refractivity contribution is 6.00. The summed E-state index contributed by atoms with van der Waals surface area (Å²) in [6.07, 6.45) is 2.47. The molecule has 2 aliphatic heterocycles. The summed E-state index contributed by atoms with van der Waals surface area (Å²) >= 11 is 0. The van der Waals surface area contributed by atoms with Crippen LogP contribution in [0.2, 0.25) is 0 Å². The fourth-order valence-electron chi connectivity index (χ4n) is 5.17. The topological polar surface area (TPSA) is 168 Å². The van der Waals surface area contributed by atoms with Gasteiger partial charge in [0.25, 0.3) is 11.8 Å². The second kappa shape index (κ2) is 15.0. The van der Waals surface area contributed by atoms with Crippen molar-refractivity contribution in [3.05, 3.63) is 54.4 Å². The van der Waals surface area contributed by atoms with Crippen LogP contribution in [0.4, 0.5) is 5.69 Å². The zero-order valence-electron chi connectivity index (χ0n) is 25.3. The van der Waals surface area contributed by atoms with Gasteiger partial charge in [-0.05, 0) is 36.4 Å². The molecular weight excluding hydrogens is 588 g/mol. The molecule has 15 nitrogen and oxygen atoms in total. The van der Waals surface area contributed by atoms with E-state index in [1.165, 1.54) is 19.2 Å². The number of rotatable bonds is 10. The van der Waals surface area contributed by atoms with E-state index in [0.29, 0.717) is 31.9 Å². The molecule has 0 aliphatic carbocycles. The second-order valence-corrected chi connectivity index (χ2v) is 10.4. The summed E-state index contributed by atoms with van der Waals surface area (Å²) in [6.45, 7) is 2.70. The molecular formula is C30H36N6O9. The van der Waals surface area contributed by atoms with E-state index >= 15 is 0 Å². The predicted octanol–water partition coefficient (Wildman–Crippen LogP) is 0.00810. The minimum atomic E-state index is -1.39. The molecule has 1 N–H and O–H groups in total. The molecule has 240 valence electrons. The molecule has 2 aromatic rings. The van der Waals surface area contributed by atoms with E-state index in [0.717, 1.165) is 29.7 Å². The third kappa shape index (κ3) is 8.25. The van der Waals surface area contributed by atoms with Crippen LogP contribution in [0, 0.1) is 0 Å². The van der Waals surface area contributed by atoms with Crippen molar-refractivity contribution >= 4 is 41.3 Å². The number of ether oxygens (including phenoxy) is 2. The molecule has 2 atom stereocenters. The number of hydrogen-bond acceptors (Lipinski definition) is 11. The van der Waals surface area contributed by atoms with E-state index in [4.69, 9.17) is 14.3 Å². The number of anilines is 1. The molecule has 4 rings (SSSR count). The maximum absolute atomic E-state index is 14.1. The van der Waals surface area contributed by atoms with Gasteiger partial charge in [-0.25, -0.2) is 0 Å². The number of piperazine rings is 2. The van der Waals surface area contributed by atoms with Gasteiger partial charge in [-0.1, -0.05) is 0 Å². The molecule has 0 bridgehead atoms. The van der Waals surface area contributed by atoms with Gasteiger partial charge in [-0.15, -0.1) is 0 Å². The van der Waals surface area contributed by atoms with Gasteiger partial charge in [-0.3, -0.25) is 33.8 Å². The number of benzene rings is 1. The van der Waals surface area contributed by atoms with E-state index in [-0.39, 0.29) is 31.0 Å². The van der Waals surface area contributed by atoms with E-state index in [9.17, 15) is 28.8 Å². The van der Waals surface area contributed by atoms with Crippen LogP contribution < -0.4 is 15.0 Å². The van der Waals surface area contributed by atoms with Crippen molar-refractivity contribution in [1.82, 2.24) is 25.2 Å². The third-order valence-corrected chi connectivity index (χ3v) is 7.56. The first kappa shape index (κ1) is 32.7. The molecule has 1 aromatic carbocycles.